The highest BCUT2D eigenvalue weighted by atomic mass is 19.4. The van der Waals surface area contributed by atoms with Crippen LogP contribution in [0.4, 0.5) is 13.2 Å². The van der Waals surface area contributed by atoms with E-state index < -0.39 is 18.6 Å². The number of hydrogen-bond acceptors (Lipinski definition) is 2. The summed E-state index contributed by atoms with van der Waals surface area (Å²) in [6, 6.07) is 8.24. The van der Waals surface area contributed by atoms with Crippen molar-refractivity contribution in [3.63, 3.8) is 0 Å². The molecule has 1 aromatic rings. The van der Waals surface area contributed by atoms with Gasteiger partial charge in [0.1, 0.15) is 11.8 Å². The van der Waals surface area contributed by atoms with E-state index in [4.69, 9.17) is 4.74 Å². The maximum Gasteiger partial charge on any atom is 0.391 e. The van der Waals surface area contributed by atoms with Crippen molar-refractivity contribution in [1.29, 1.82) is 0 Å². The van der Waals surface area contributed by atoms with Gasteiger partial charge in [0.05, 0.1) is 13.0 Å². The fourth-order valence-corrected chi connectivity index (χ4v) is 2.30. The van der Waals surface area contributed by atoms with Crippen LogP contribution in [0, 0.1) is 0 Å². The summed E-state index contributed by atoms with van der Waals surface area (Å²) in [5, 5.41) is 0. The van der Waals surface area contributed by atoms with Crippen molar-refractivity contribution in [2.45, 2.75) is 45.3 Å². The Hall–Kier alpha value is -1.78. The Balaban J connectivity index is 2.30. The smallest absolute Gasteiger partial charge is 0.391 e. The second-order valence-electron chi connectivity index (χ2n) is 5.32. The summed E-state index contributed by atoms with van der Waals surface area (Å²) in [5.74, 6) is 0.412. The van der Waals surface area contributed by atoms with Crippen LogP contribution in [0.5, 0.6) is 0 Å². The fraction of sp³-hybridized carbons (Fsp3) is 0.471. The first-order chi connectivity index (χ1) is 10.4. The van der Waals surface area contributed by atoms with Crippen molar-refractivity contribution in [1.82, 2.24) is 0 Å². The first kappa shape index (κ1) is 16.6. The third-order valence-electron chi connectivity index (χ3n) is 3.42. The van der Waals surface area contributed by atoms with Crippen LogP contribution in [0.15, 0.2) is 46.7 Å². The molecular weight excluding hydrogens is 291 g/mol. The molecule has 2 rings (SSSR count). The van der Waals surface area contributed by atoms with Gasteiger partial charge in [0.25, 0.3) is 0 Å². The molecule has 0 aromatic heterocycles. The number of rotatable bonds is 6. The van der Waals surface area contributed by atoms with Gasteiger partial charge in [-0.3, -0.25) is 4.99 Å². The molecule has 0 amide bonds. The minimum absolute atomic E-state index is 0.354. The minimum atomic E-state index is -4.27. The van der Waals surface area contributed by atoms with Gasteiger partial charge in [-0.25, -0.2) is 0 Å². The zero-order valence-corrected chi connectivity index (χ0v) is 12.8. The Morgan fingerprint density at radius 1 is 1.23 bits per heavy atom. The summed E-state index contributed by atoms with van der Waals surface area (Å²) < 4.78 is 44.2. The molecular formula is C17H20F3NO. The van der Waals surface area contributed by atoms with Crippen LogP contribution in [0.25, 0.3) is 0 Å². The summed E-state index contributed by atoms with van der Waals surface area (Å²) in [4.78, 5) is 4.33. The second kappa shape index (κ2) is 6.99. The van der Waals surface area contributed by atoms with E-state index in [0.29, 0.717) is 18.1 Å². The molecule has 0 spiro atoms. The van der Waals surface area contributed by atoms with E-state index in [1.165, 1.54) is 0 Å². The van der Waals surface area contributed by atoms with Crippen LogP contribution in [-0.2, 0) is 4.74 Å². The number of allylic oxidation sites excluding steroid dienone is 1. The van der Waals surface area contributed by atoms with Crippen LogP contribution in [0.1, 0.15) is 38.7 Å². The van der Waals surface area contributed by atoms with Crippen molar-refractivity contribution < 1.29 is 17.9 Å². The van der Waals surface area contributed by atoms with Crippen LogP contribution >= 0.6 is 0 Å². The van der Waals surface area contributed by atoms with Crippen LogP contribution in [-0.4, -0.2) is 24.5 Å². The lowest BCUT2D eigenvalue weighted by Gasteiger charge is -2.20. The third-order valence-corrected chi connectivity index (χ3v) is 3.42. The molecule has 1 fully saturated rings. The van der Waals surface area contributed by atoms with E-state index in [0.717, 1.165) is 24.0 Å². The van der Waals surface area contributed by atoms with E-state index in [-0.39, 0.29) is 0 Å². The number of halogens is 3. The molecule has 22 heavy (non-hydrogen) atoms. The van der Waals surface area contributed by atoms with Gasteiger partial charge in [0, 0.05) is 5.71 Å². The highest BCUT2D eigenvalue weighted by Gasteiger charge is 2.36. The Labute approximate surface area is 128 Å². The molecule has 0 aliphatic heterocycles. The van der Waals surface area contributed by atoms with Crippen LogP contribution < -0.4 is 0 Å². The number of alkyl halides is 3. The molecule has 1 aliphatic carbocycles. The highest BCUT2D eigenvalue weighted by molar-refractivity contribution is 5.98. The number of benzene rings is 1. The zero-order valence-electron chi connectivity index (χ0n) is 12.8. The van der Waals surface area contributed by atoms with E-state index >= 15 is 0 Å². The molecule has 1 aromatic carbocycles. The van der Waals surface area contributed by atoms with Gasteiger partial charge >= 0.3 is 6.18 Å². The molecule has 120 valence electrons. The minimum Gasteiger partial charge on any atom is -0.496 e. The quantitative estimate of drug-likeness (QED) is 0.541. The standard InChI is InChI=1S/C17H20F3NO/c1-3-22-16(14-9-10-14)15(11-17(18,19)20)21-12(2)13-7-5-4-6-8-13/h4-8,15H,3,9-11H2,1-2H3. The largest absolute Gasteiger partial charge is 0.496 e. The normalized spacial score (nSPS) is 16.4. The molecule has 0 radical (unpaired) electrons. The van der Waals surface area contributed by atoms with Crippen LogP contribution in [0.3, 0.4) is 0 Å². The van der Waals surface area contributed by atoms with Gasteiger partial charge in [0.15, 0.2) is 0 Å². The zero-order chi connectivity index (χ0) is 16.2. The maximum absolute atomic E-state index is 12.9. The Bertz CT molecular complexity index is 555. The Morgan fingerprint density at radius 2 is 1.86 bits per heavy atom. The predicted molar refractivity (Wildman–Crippen MR) is 81.0 cm³/mol. The number of hydrogen-bond donors (Lipinski definition) is 0. The Kier molecular flexibility index (Phi) is 5.27. The summed E-state index contributed by atoms with van der Waals surface area (Å²) in [7, 11) is 0. The van der Waals surface area contributed by atoms with Crippen molar-refractivity contribution in [2.24, 2.45) is 4.99 Å². The van der Waals surface area contributed by atoms with Crippen molar-refractivity contribution in [3.8, 4) is 0 Å². The summed E-state index contributed by atoms with van der Waals surface area (Å²) in [5.41, 5.74) is 2.38. The summed E-state index contributed by atoms with van der Waals surface area (Å²) in [6.07, 6.45) is -3.65. The molecule has 1 aliphatic rings. The van der Waals surface area contributed by atoms with Crippen molar-refractivity contribution in [3.05, 3.63) is 47.2 Å². The van der Waals surface area contributed by atoms with Crippen LogP contribution in [0.2, 0.25) is 0 Å². The number of nitrogens with zero attached hydrogens (tertiary/aromatic N) is 1. The van der Waals surface area contributed by atoms with Gasteiger partial charge in [0.2, 0.25) is 0 Å². The predicted octanol–water partition coefficient (Wildman–Crippen LogP) is 4.90. The average molecular weight is 311 g/mol. The molecule has 0 N–H and O–H groups in total. The number of ether oxygens (including phenoxy) is 1. The lowest BCUT2D eigenvalue weighted by Crippen LogP contribution is -2.23. The molecule has 0 heterocycles. The first-order valence-electron chi connectivity index (χ1n) is 7.42. The van der Waals surface area contributed by atoms with Gasteiger partial charge in [-0.2, -0.15) is 13.2 Å². The first-order valence-corrected chi connectivity index (χ1v) is 7.42. The monoisotopic (exact) mass is 311 g/mol. The molecule has 2 nitrogen and oxygen atoms in total. The Morgan fingerprint density at radius 3 is 2.36 bits per heavy atom. The van der Waals surface area contributed by atoms with Gasteiger partial charge in [-0.15, -0.1) is 0 Å². The van der Waals surface area contributed by atoms with Gasteiger partial charge in [-0.05, 0) is 37.8 Å². The summed E-state index contributed by atoms with van der Waals surface area (Å²) in [6.45, 7) is 3.87. The van der Waals surface area contributed by atoms with E-state index in [9.17, 15) is 13.2 Å². The fourth-order valence-electron chi connectivity index (χ4n) is 2.30. The molecule has 1 saturated carbocycles. The molecule has 0 saturated heterocycles. The van der Waals surface area contributed by atoms with Gasteiger partial charge in [-0.1, -0.05) is 30.3 Å². The van der Waals surface area contributed by atoms with E-state index in [2.05, 4.69) is 4.99 Å². The molecule has 1 atom stereocenters. The molecule has 0 bridgehead atoms. The van der Waals surface area contributed by atoms with Gasteiger partial charge < -0.3 is 4.74 Å². The third kappa shape index (κ3) is 4.90. The number of aliphatic imine (C=N–C) groups is 1. The molecule has 1 unspecified atom stereocenters. The average Bonchev–Trinajstić information content (AvgIpc) is 3.28. The lowest BCUT2D eigenvalue weighted by molar-refractivity contribution is -0.138. The van der Waals surface area contributed by atoms with Crippen molar-refractivity contribution in [2.75, 3.05) is 6.61 Å². The van der Waals surface area contributed by atoms with E-state index in [1.54, 1.807) is 13.8 Å². The maximum atomic E-state index is 12.9. The second-order valence-corrected chi connectivity index (χ2v) is 5.32. The SMILES string of the molecule is CCOC(=C1CC1)C(CC(F)(F)F)N=C(C)c1ccccc1. The summed E-state index contributed by atoms with van der Waals surface area (Å²) >= 11 is 0. The highest BCUT2D eigenvalue weighted by Crippen LogP contribution is 2.37. The van der Waals surface area contributed by atoms with Crippen molar-refractivity contribution >= 4 is 5.71 Å². The van der Waals surface area contributed by atoms with E-state index in [1.807, 2.05) is 30.3 Å². The lowest BCUT2D eigenvalue weighted by atomic mass is 10.1. The molecule has 5 heteroatoms. The topological polar surface area (TPSA) is 21.6 Å².